The fourth-order valence-electron chi connectivity index (χ4n) is 8.23. The normalized spacial score (nSPS) is 27.9. The molecule has 2 atom stereocenters. The van der Waals surface area contributed by atoms with E-state index in [1.165, 1.54) is 60.4 Å². The first kappa shape index (κ1) is 24.6. The molecule has 0 aliphatic heterocycles. The summed E-state index contributed by atoms with van der Waals surface area (Å²) < 4.78 is 12.0. The Kier molecular flexibility index (Phi) is 6.37. The molecule has 0 saturated heterocycles. The summed E-state index contributed by atoms with van der Waals surface area (Å²) in [5.74, 6) is 1.67. The number of methoxy groups -OCH3 is 1. The Hall–Kier alpha value is -2.69. The number of fused-ring (bicyclic) bond motifs is 1. The van der Waals surface area contributed by atoms with Crippen molar-refractivity contribution in [2.24, 2.45) is 17.8 Å². The number of carboxylic acids is 1. The maximum atomic E-state index is 11.4. The van der Waals surface area contributed by atoms with Gasteiger partial charge in [0.05, 0.1) is 11.7 Å². The van der Waals surface area contributed by atoms with Gasteiger partial charge in [0, 0.05) is 7.11 Å². The third kappa shape index (κ3) is 4.38. The Labute approximate surface area is 220 Å². The Morgan fingerprint density at radius 1 is 1.00 bits per heavy atom. The molecular weight excluding hydrogens is 460 g/mol. The summed E-state index contributed by atoms with van der Waals surface area (Å²) in [6.45, 7) is 4.19. The third-order valence-electron chi connectivity index (χ3n) is 9.51. The summed E-state index contributed by atoms with van der Waals surface area (Å²) in [7, 11) is 1.71. The molecule has 0 heterocycles. The molecule has 3 aromatic rings. The largest absolute Gasteiger partial charge is 0.478 e. The number of hydrogen-bond acceptors (Lipinski definition) is 3. The molecule has 4 saturated carbocycles. The zero-order chi connectivity index (χ0) is 25.7. The van der Waals surface area contributed by atoms with Gasteiger partial charge in [0.15, 0.2) is 6.29 Å². The first-order chi connectivity index (χ1) is 17.9. The Balaban J connectivity index is 1.53. The lowest BCUT2D eigenvalue weighted by Crippen LogP contribution is -2.49. The van der Waals surface area contributed by atoms with Crippen molar-refractivity contribution < 1.29 is 19.4 Å². The van der Waals surface area contributed by atoms with Gasteiger partial charge < -0.3 is 14.6 Å². The fraction of sp³-hybridized carbons (Fsp3) is 0.485. The van der Waals surface area contributed by atoms with E-state index in [9.17, 15) is 9.90 Å². The number of hydrogen-bond donors (Lipinski definition) is 1. The van der Waals surface area contributed by atoms with Crippen LogP contribution < -0.4 is 0 Å². The highest BCUT2D eigenvalue weighted by atomic mass is 16.7. The standard InChI is InChI=1S/C33H38O4/c1-4-31(37-20(2)36-3)29-15-26-6-5-7-27(24-8-10-25(11-9-24)32(34)35)28(26)16-30(29)33-17-21-12-22(18-33)14-23(13-21)19-33/h5-11,15-16,20-23,31H,4,12-14,17-19H2,1-3H3,(H,34,35). The van der Waals surface area contributed by atoms with E-state index in [0.29, 0.717) is 5.56 Å². The average Bonchev–Trinajstić information content (AvgIpc) is 2.89. The molecule has 37 heavy (non-hydrogen) atoms. The minimum atomic E-state index is -0.894. The Bertz CT molecular complexity index is 1270. The van der Waals surface area contributed by atoms with Crippen molar-refractivity contribution in [2.45, 2.75) is 76.6 Å². The zero-order valence-corrected chi connectivity index (χ0v) is 22.2. The molecule has 2 unspecified atom stereocenters. The monoisotopic (exact) mass is 498 g/mol. The van der Waals surface area contributed by atoms with Crippen LogP contribution in [0.5, 0.6) is 0 Å². The molecule has 0 amide bonds. The maximum Gasteiger partial charge on any atom is 0.335 e. The molecule has 7 rings (SSSR count). The number of benzene rings is 3. The quantitative estimate of drug-likeness (QED) is 0.319. The van der Waals surface area contributed by atoms with E-state index in [1.54, 1.807) is 19.2 Å². The molecule has 3 aromatic carbocycles. The molecule has 4 aliphatic carbocycles. The first-order valence-corrected chi connectivity index (χ1v) is 14.0. The van der Waals surface area contributed by atoms with E-state index < -0.39 is 5.97 Å². The Morgan fingerprint density at radius 3 is 2.22 bits per heavy atom. The van der Waals surface area contributed by atoms with Crippen molar-refractivity contribution >= 4 is 16.7 Å². The van der Waals surface area contributed by atoms with Crippen molar-refractivity contribution in [2.75, 3.05) is 7.11 Å². The number of ether oxygens (including phenoxy) is 2. The SMILES string of the molecule is CCC(OC(C)OC)c1cc2cccc(-c3ccc(C(=O)O)cc3)c2cc1C12CC3CC(CC(C3)C1)C2. The summed E-state index contributed by atoms with van der Waals surface area (Å²) in [6.07, 6.45) is 8.75. The molecule has 0 radical (unpaired) electrons. The highest BCUT2D eigenvalue weighted by Gasteiger charge is 2.52. The van der Waals surface area contributed by atoms with E-state index in [1.807, 2.05) is 19.1 Å². The lowest BCUT2D eigenvalue weighted by Gasteiger charge is -2.57. The smallest absolute Gasteiger partial charge is 0.335 e. The molecule has 0 spiro atoms. The van der Waals surface area contributed by atoms with Gasteiger partial charge in [-0.25, -0.2) is 4.79 Å². The number of aromatic carboxylic acids is 1. The van der Waals surface area contributed by atoms with E-state index in [2.05, 4.69) is 37.3 Å². The summed E-state index contributed by atoms with van der Waals surface area (Å²) >= 11 is 0. The molecule has 4 aliphatic rings. The van der Waals surface area contributed by atoms with Crippen molar-refractivity contribution in [3.63, 3.8) is 0 Å². The molecule has 4 fully saturated rings. The number of carboxylic acid groups (broad SMARTS) is 1. The fourth-order valence-corrected chi connectivity index (χ4v) is 8.23. The summed E-state index contributed by atoms with van der Waals surface area (Å²) in [6, 6.07) is 18.6. The van der Waals surface area contributed by atoms with Gasteiger partial charge in [-0.05, 0) is 132 Å². The van der Waals surface area contributed by atoms with Gasteiger partial charge in [-0.1, -0.05) is 37.3 Å². The second-order valence-electron chi connectivity index (χ2n) is 11.9. The van der Waals surface area contributed by atoms with Crippen LogP contribution in [0, 0.1) is 17.8 Å². The van der Waals surface area contributed by atoms with Crippen LogP contribution in [0.2, 0.25) is 0 Å². The van der Waals surface area contributed by atoms with E-state index in [0.717, 1.165) is 35.3 Å². The molecule has 194 valence electrons. The lowest BCUT2D eigenvalue weighted by atomic mass is 9.47. The number of carbonyl (C=O) groups is 1. The van der Waals surface area contributed by atoms with Crippen LogP contribution in [-0.4, -0.2) is 24.5 Å². The van der Waals surface area contributed by atoms with Crippen LogP contribution in [-0.2, 0) is 14.9 Å². The number of rotatable bonds is 8. The van der Waals surface area contributed by atoms with Gasteiger partial charge in [0.1, 0.15) is 0 Å². The van der Waals surface area contributed by atoms with Crippen LogP contribution >= 0.6 is 0 Å². The van der Waals surface area contributed by atoms with E-state index >= 15 is 0 Å². The van der Waals surface area contributed by atoms with Gasteiger partial charge in [0.2, 0.25) is 0 Å². The summed E-state index contributed by atoms with van der Waals surface area (Å²) in [5.41, 5.74) is 5.58. The molecule has 4 nitrogen and oxygen atoms in total. The van der Waals surface area contributed by atoms with Crippen LogP contribution in [0.1, 0.15) is 86.4 Å². The average molecular weight is 499 g/mol. The highest BCUT2D eigenvalue weighted by molar-refractivity contribution is 5.98. The predicted octanol–water partition coefficient (Wildman–Crippen LogP) is 8.13. The van der Waals surface area contributed by atoms with Gasteiger partial charge >= 0.3 is 5.97 Å². The second kappa shape index (κ2) is 9.56. The van der Waals surface area contributed by atoms with Gasteiger partial charge in [-0.2, -0.15) is 0 Å². The summed E-state index contributed by atoms with van der Waals surface area (Å²) in [5, 5.41) is 11.8. The minimum absolute atomic E-state index is 0.0131. The Morgan fingerprint density at radius 2 is 1.65 bits per heavy atom. The molecule has 1 N–H and O–H groups in total. The summed E-state index contributed by atoms with van der Waals surface area (Å²) in [4.78, 5) is 11.4. The maximum absolute atomic E-state index is 11.4. The lowest BCUT2D eigenvalue weighted by molar-refractivity contribution is -0.147. The van der Waals surface area contributed by atoms with E-state index in [-0.39, 0.29) is 17.8 Å². The van der Waals surface area contributed by atoms with Crippen molar-refractivity contribution in [1.29, 1.82) is 0 Å². The van der Waals surface area contributed by atoms with Crippen molar-refractivity contribution in [1.82, 2.24) is 0 Å². The molecule has 4 heteroatoms. The first-order valence-electron chi connectivity index (χ1n) is 14.0. The van der Waals surface area contributed by atoms with Crippen LogP contribution in [0.25, 0.3) is 21.9 Å². The van der Waals surface area contributed by atoms with Gasteiger partial charge in [0.25, 0.3) is 0 Å². The van der Waals surface area contributed by atoms with Crippen molar-refractivity contribution in [3.8, 4) is 11.1 Å². The predicted molar refractivity (Wildman–Crippen MR) is 147 cm³/mol. The van der Waals surface area contributed by atoms with Crippen LogP contribution in [0.4, 0.5) is 0 Å². The van der Waals surface area contributed by atoms with E-state index in [4.69, 9.17) is 9.47 Å². The topological polar surface area (TPSA) is 55.8 Å². The third-order valence-corrected chi connectivity index (χ3v) is 9.51. The zero-order valence-electron chi connectivity index (χ0n) is 22.2. The van der Waals surface area contributed by atoms with Crippen LogP contribution in [0.15, 0.2) is 54.6 Å². The highest BCUT2D eigenvalue weighted by Crippen LogP contribution is 2.62. The van der Waals surface area contributed by atoms with Crippen molar-refractivity contribution in [3.05, 3.63) is 71.3 Å². The molecular formula is C33H38O4. The van der Waals surface area contributed by atoms with Crippen LogP contribution in [0.3, 0.4) is 0 Å². The minimum Gasteiger partial charge on any atom is -0.478 e. The van der Waals surface area contributed by atoms with Gasteiger partial charge in [-0.15, -0.1) is 0 Å². The molecule has 0 aromatic heterocycles. The molecule has 4 bridgehead atoms. The van der Waals surface area contributed by atoms with Gasteiger partial charge in [-0.3, -0.25) is 0 Å². The second-order valence-corrected chi connectivity index (χ2v) is 11.9.